The van der Waals surface area contributed by atoms with E-state index in [9.17, 15) is 4.79 Å². The Morgan fingerprint density at radius 2 is 2.17 bits per heavy atom. The third-order valence-electron chi connectivity index (χ3n) is 4.12. The van der Waals surface area contributed by atoms with Gasteiger partial charge in [-0.05, 0) is 29.3 Å². The molecule has 0 aromatic carbocycles. The maximum absolute atomic E-state index is 12.4. The van der Waals surface area contributed by atoms with Crippen LogP contribution in [0.25, 0.3) is 0 Å². The van der Waals surface area contributed by atoms with Gasteiger partial charge in [-0.2, -0.15) is 11.3 Å². The third-order valence-corrected chi connectivity index (χ3v) is 4.85. The van der Waals surface area contributed by atoms with Crippen LogP contribution >= 0.6 is 11.3 Å². The molecule has 0 saturated carbocycles. The van der Waals surface area contributed by atoms with E-state index in [4.69, 9.17) is 0 Å². The van der Waals surface area contributed by atoms with Crippen LogP contribution in [-0.4, -0.2) is 56.8 Å². The number of piperazine rings is 1. The fraction of sp³-hybridized carbons (Fsp3) is 0.533. The normalized spacial score (nSPS) is 17.2. The van der Waals surface area contributed by atoms with Crippen LogP contribution in [0.1, 0.15) is 24.4 Å². The summed E-state index contributed by atoms with van der Waals surface area (Å²) in [6, 6.07) is 1.97. The Morgan fingerprint density at radius 3 is 2.78 bits per heavy atom. The Labute approximate surface area is 139 Å². The number of nitrogens with one attached hydrogen (secondary N) is 1. The van der Waals surface area contributed by atoms with Crippen molar-refractivity contribution in [2.75, 3.05) is 26.2 Å². The van der Waals surface area contributed by atoms with E-state index in [2.05, 4.69) is 37.2 Å². The first kappa shape index (κ1) is 15.9. The smallest absolute Gasteiger partial charge is 0.318 e. The molecule has 1 fully saturated rings. The molecule has 1 unspecified atom stereocenters. The number of aryl methyl sites for hydroxylation is 1. The number of nitrogens with zero attached hydrogens (tertiary/aromatic N) is 5. The van der Waals surface area contributed by atoms with Crippen molar-refractivity contribution >= 4 is 17.4 Å². The predicted octanol–water partition coefficient (Wildman–Crippen LogP) is 1.46. The molecule has 3 rings (SSSR count). The van der Waals surface area contributed by atoms with Gasteiger partial charge in [0.1, 0.15) is 6.33 Å². The van der Waals surface area contributed by atoms with Crippen molar-refractivity contribution in [1.82, 2.24) is 29.9 Å². The molecule has 2 aromatic heterocycles. The van der Waals surface area contributed by atoms with Gasteiger partial charge < -0.3 is 14.8 Å². The molecule has 1 aliphatic heterocycles. The van der Waals surface area contributed by atoms with E-state index in [0.29, 0.717) is 0 Å². The van der Waals surface area contributed by atoms with Gasteiger partial charge in [0.05, 0.1) is 6.04 Å². The lowest BCUT2D eigenvalue weighted by molar-refractivity contribution is 0.133. The lowest BCUT2D eigenvalue weighted by Crippen LogP contribution is -2.51. The van der Waals surface area contributed by atoms with E-state index >= 15 is 0 Å². The first-order valence-electron chi connectivity index (χ1n) is 7.76. The molecular formula is C15H22N6OS. The maximum atomic E-state index is 12.4. The minimum Gasteiger partial charge on any atom is -0.328 e. The molecule has 1 N–H and O–H groups in total. The molecule has 0 radical (unpaired) electrons. The largest absolute Gasteiger partial charge is 0.328 e. The summed E-state index contributed by atoms with van der Waals surface area (Å²) >= 11 is 1.73. The molecule has 124 valence electrons. The van der Waals surface area contributed by atoms with Crippen LogP contribution in [-0.2, 0) is 13.6 Å². The zero-order valence-corrected chi connectivity index (χ0v) is 14.3. The van der Waals surface area contributed by atoms with Crippen molar-refractivity contribution in [1.29, 1.82) is 0 Å². The van der Waals surface area contributed by atoms with Crippen molar-refractivity contribution in [2.45, 2.75) is 19.5 Å². The van der Waals surface area contributed by atoms with Crippen molar-refractivity contribution < 1.29 is 4.79 Å². The minimum absolute atomic E-state index is 0.0318. The van der Waals surface area contributed by atoms with Crippen molar-refractivity contribution in [3.63, 3.8) is 0 Å². The number of carbonyl (C=O) groups is 1. The standard InChI is InChI=1S/C15H22N6OS/c1-12(14-18-16-11-19(14)2)17-15(22)21-6-4-20(5-7-21)9-13-3-8-23-10-13/h3,8,10-12H,4-7,9H2,1-2H3,(H,17,22). The summed E-state index contributed by atoms with van der Waals surface area (Å²) in [6.07, 6.45) is 1.64. The van der Waals surface area contributed by atoms with Gasteiger partial charge in [0.15, 0.2) is 5.82 Å². The van der Waals surface area contributed by atoms with Gasteiger partial charge >= 0.3 is 6.03 Å². The summed E-state index contributed by atoms with van der Waals surface area (Å²) in [5, 5.41) is 15.2. The maximum Gasteiger partial charge on any atom is 0.318 e. The quantitative estimate of drug-likeness (QED) is 0.919. The highest BCUT2D eigenvalue weighted by Crippen LogP contribution is 2.13. The highest BCUT2D eigenvalue weighted by molar-refractivity contribution is 7.07. The van der Waals surface area contributed by atoms with E-state index in [-0.39, 0.29) is 12.1 Å². The van der Waals surface area contributed by atoms with Crippen LogP contribution in [0.15, 0.2) is 23.2 Å². The Kier molecular flexibility index (Phi) is 4.92. The van der Waals surface area contributed by atoms with E-state index in [1.165, 1.54) is 5.56 Å². The monoisotopic (exact) mass is 334 g/mol. The predicted molar refractivity (Wildman–Crippen MR) is 89.1 cm³/mol. The second-order valence-corrected chi connectivity index (χ2v) is 6.65. The number of hydrogen-bond acceptors (Lipinski definition) is 5. The number of aromatic nitrogens is 3. The lowest BCUT2D eigenvalue weighted by Gasteiger charge is -2.35. The third kappa shape index (κ3) is 3.89. The Balaban J connectivity index is 1.47. The average molecular weight is 334 g/mol. The van der Waals surface area contributed by atoms with E-state index in [1.807, 2.05) is 23.4 Å². The van der Waals surface area contributed by atoms with E-state index < -0.39 is 0 Å². The lowest BCUT2D eigenvalue weighted by atomic mass is 10.2. The topological polar surface area (TPSA) is 66.3 Å². The Hall–Kier alpha value is -1.93. The second kappa shape index (κ2) is 7.10. The molecule has 1 atom stereocenters. The van der Waals surface area contributed by atoms with Crippen LogP contribution in [0, 0.1) is 0 Å². The van der Waals surface area contributed by atoms with E-state index in [0.717, 1.165) is 38.5 Å². The average Bonchev–Trinajstić information content (AvgIpc) is 3.19. The van der Waals surface area contributed by atoms with Gasteiger partial charge in [0.2, 0.25) is 0 Å². The van der Waals surface area contributed by atoms with Gasteiger partial charge in [0, 0.05) is 39.8 Å². The SMILES string of the molecule is CC(NC(=O)N1CCN(Cc2ccsc2)CC1)c1nncn1C. The minimum atomic E-state index is -0.154. The van der Waals surface area contributed by atoms with Crippen molar-refractivity contribution in [3.05, 3.63) is 34.5 Å². The fourth-order valence-corrected chi connectivity index (χ4v) is 3.43. The summed E-state index contributed by atoms with van der Waals surface area (Å²) < 4.78 is 1.82. The van der Waals surface area contributed by atoms with Crippen molar-refractivity contribution in [2.24, 2.45) is 7.05 Å². The number of rotatable bonds is 4. The molecule has 7 nitrogen and oxygen atoms in total. The molecule has 8 heteroatoms. The molecule has 23 heavy (non-hydrogen) atoms. The van der Waals surface area contributed by atoms with Crippen LogP contribution in [0.2, 0.25) is 0 Å². The number of carbonyl (C=O) groups excluding carboxylic acids is 1. The second-order valence-electron chi connectivity index (χ2n) is 5.87. The number of hydrogen-bond donors (Lipinski definition) is 1. The summed E-state index contributed by atoms with van der Waals surface area (Å²) in [6.45, 7) is 6.20. The highest BCUT2D eigenvalue weighted by atomic mass is 32.1. The van der Waals surface area contributed by atoms with Crippen molar-refractivity contribution in [3.8, 4) is 0 Å². The molecule has 1 saturated heterocycles. The fourth-order valence-electron chi connectivity index (χ4n) is 2.78. The molecule has 0 aliphatic carbocycles. The molecule has 3 heterocycles. The van der Waals surface area contributed by atoms with Crippen LogP contribution < -0.4 is 5.32 Å². The summed E-state index contributed by atoms with van der Waals surface area (Å²) in [5.41, 5.74) is 1.35. The number of thiophene rings is 1. The molecule has 2 aromatic rings. The Bertz CT molecular complexity index is 632. The van der Waals surface area contributed by atoms with Gasteiger partial charge in [0.25, 0.3) is 0 Å². The number of amides is 2. The summed E-state index contributed by atoms with van der Waals surface area (Å²) in [7, 11) is 1.88. The van der Waals surface area contributed by atoms with E-state index in [1.54, 1.807) is 17.7 Å². The van der Waals surface area contributed by atoms with Crippen LogP contribution in [0.4, 0.5) is 4.79 Å². The molecular weight excluding hydrogens is 312 g/mol. The van der Waals surface area contributed by atoms with Crippen LogP contribution in [0.5, 0.6) is 0 Å². The Morgan fingerprint density at radius 1 is 1.39 bits per heavy atom. The molecule has 1 aliphatic rings. The zero-order chi connectivity index (χ0) is 16.2. The first-order valence-corrected chi connectivity index (χ1v) is 8.70. The molecule has 0 spiro atoms. The number of urea groups is 1. The zero-order valence-electron chi connectivity index (χ0n) is 13.5. The molecule has 0 bridgehead atoms. The first-order chi connectivity index (χ1) is 11.1. The van der Waals surface area contributed by atoms with Gasteiger partial charge in [-0.15, -0.1) is 10.2 Å². The van der Waals surface area contributed by atoms with Crippen LogP contribution in [0.3, 0.4) is 0 Å². The van der Waals surface area contributed by atoms with Gasteiger partial charge in [-0.3, -0.25) is 4.90 Å². The molecule has 2 amide bonds. The summed E-state index contributed by atoms with van der Waals surface area (Å²) in [5.74, 6) is 0.759. The summed E-state index contributed by atoms with van der Waals surface area (Å²) in [4.78, 5) is 16.6. The van der Waals surface area contributed by atoms with Gasteiger partial charge in [-0.1, -0.05) is 0 Å². The van der Waals surface area contributed by atoms with Gasteiger partial charge in [-0.25, -0.2) is 4.79 Å². The highest BCUT2D eigenvalue weighted by Gasteiger charge is 2.23.